The summed E-state index contributed by atoms with van der Waals surface area (Å²) < 4.78 is 0. The number of anilines is 1. The SMILES string of the molecule is C=CCN1C(=O)C=NCc2ccccc21. The molecule has 0 aliphatic carbocycles. The zero-order chi connectivity index (χ0) is 10.7. The van der Waals surface area contributed by atoms with Crippen molar-refractivity contribution in [2.45, 2.75) is 6.54 Å². The monoisotopic (exact) mass is 200 g/mol. The quantitative estimate of drug-likeness (QED) is 0.670. The number of nitrogens with zero attached hydrogens (tertiary/aromatic N) is 2. The number of para-hydroxylation sites is 1. The Bertz CT molecular complexity index is 423. The number of rotatable bonds is 2. The van der Waals surface area contributed by atoms with Crippen LogP contribution in [0.3, 0.4) is 0 Å². The van der Waals surface area contributed by atoms with Crippen molar-refractivity contribution in [3.8, 4) is 0 Å². The number of benzene rings is 1. The second-order valence-corrected chi connectivity index (χ2v) is 3.34. The third-order valence-corrected chi connectivity index (χ3v) is 2.32. The summed E-state index contributed by atoms with van der Waals surface area (Å²) in [5.74, 6) is -0.0835. The molecule has 0 atom stereocenters. The van der Waals surface area contributed by atoms with E-state index >= 15 is 0 Å². The van der Waals surface area contributed by atoms with Gasteiger partial charge in [-0.2, -0.15) is 0 Å². The molecule has 0 saturated carbocycles. The van der Waals surface area contributed by atoms with E-state index in [1.165, 1.54) is 6.21 Å². The molecule has 0 saturated heterocycles. The number of aliphatic imine (C=N–C) groups is 1. The molecule has 1 amide bonds. The lowest BCUT2D eigenvalue weighted by Crippen LogP contribution is -2.31. The predicted octanol–water partition coefficient (Wildman–Crippen LogP) is 1.79. The Morgan fingerprint density at radius 3 is 3.07 bits per heavy atom. The second-order valence-electron chi connectivity index (χ2n) is 3.34. The van der Waals surface area contributed by atoms with E-state index in [9.17, 15) is 4.79 Å². The molecule has 1 aromatic carbocycles. The first-order chi connectivity index (χ1) is 7.33. The van der Waals surface area contributed by atoms with E-state index in [1.807, 2.05) is 24.3 Å². The first-order valence-corrected chi connectivity index (χ1v) is 4.83. The summed E-state index contributed by atoms with van der Waals surface area (Å²) in [7, 11) is 0. The van der Waals surface area contributed by atoms with Crippen molar-refractivity contribution in [3.05, 3.63) is 42.5 Å². The highest BCUT2D eigenvalue weighted by molar-refractivity contribution is 6.33. The van der Waals surface area contributed by atoms with Crippen LogP contribution < -0.4 is 4.90 Å². The van der Waals surface area contributed by atoms with E-state index in [4.69, 9.17) is 0 Å². The number of fused-ring (bicyclic) bond motifs is 1. The van der Waals surface area contributed by atoms with Crippen LogP contribution in [0.1, 0.15) is 5.56 Å². The van der Waals surface area contributed by atoms with E-state index < -0.39 is 0 Å². The Balaban J connectivity index is 2.47. The minimum atomic E-state index is -0.0835. The molecule has 15 heavy (non-hydrogen) atoms. The second kappa shape index (κ2) is 4.09. The van der Waals surface area contributed by atoms with Crippen molar-refractivity contribution in [2.75, 3.05) is 11.4 Å². The maximum atomic E-state index is 11.7. The van der Waals surface area contributed by atoms with Crippen LogP contribution in [0.2, 0.25) is 0 Å². The molecular weight excluding hydrogens is 188 g/mol. The first-order valence-electron chi connectivity index (χ1n) is 4.83. The molecule has 0 fully saturated rings. The van der Waals surface area contributed by atoms with Crippen LogP contribution in [0.4, 0.5) is 5.69 Å². The molecule has 1 aliphatic heterocycles. The lowest BCUT2D eigenvalue weighted by Gasteiger charge is -2.19. The van der Waals surface area contributed by atoms with Crippen LogP contribution in [0.25, 0.3) is 0 Å². The molecule has 0 aromatic heterocycles. The summed E-state index contributed by atoms with van der Waals surface area (Å²) in [6.07, 6.45) is 3.09. The van der Waals surface area contributed by atoms with Gasteiger partial charge >= 0.3 is 0 Å². The lowest BCUT2D eigenvalue weighted by molar-refractivity contribution is -0.112. The van der Waals surface area contributed by atoms with Crippen LogP contribution in [-0.2, 0) is 11.3 Å². The van der Waals surface area contributed by atoms with Crippen LogP contribution in [0.15, 0.2) is 41.9 Å². The van der Waals surface area contributed by atoms with E-state index in [2.05, 4.69) is 11.6 Å². The zero-order valence-corrected chi connectivity index (χ0v) is 8.39. The average molecular weight is 200 g/mol. The van der Waals surface area contributed by atoms with Crippen LogP contribution in [0, 0.1) is 0 Å². The number of carbonyl (C=O) groups excluding carboxylic acids is 1. The maximum Gasteiger partial charge on any atom is 0.269 e. The summed E-state index contributed by atoms with van der Waals surface area (Å²) in [6, 6.07) is 7.80. The largest absolute Gasteiger partial charge is 0.303 e. The van der Waals surface area contributed by atoms with E-state index in [-0.39, 0.29) is 5.91 Å². The summed E-state index contributed by atoms with van der Waals surface area (Å²) in [5, 5.41) is 0. The van der Waals surface area contributed by atoms with Crippen molar-refractivity contribution in [1.82, 2.24) is 0 Å². The normalized spacial score (nSPS) is 14.7. The Labute approximate surface area is 88.7 Å². The third-order valence-electron chi connectivity index (χ3n) is 2.32. The molecule has 0 N–H and O–H groups in total. The van der Waals surface area contributed by atoms with Gasteiger partial charge in [0, 0.05) is 12.2 Å². The van der Waals surface area contributed by atoms with Crippen molar-refractivity contribution < 1.29 is 4.79 Å². The fourth-order valence-corrected chi connectivity index (χ4v) is 1.64. The van der Waals surface area contributed by atoms with Crippen LogP contribution >= 0.6 is 0 Å². The van der Waals surface area contributed by atoms with Gasteiger partial charge in [0.05, 0.1) is 12.8 Å². The Morgan fingerprint density at radius 2 is 2.27 bits per heavy atom. The lowest BCUT2D eigenvalue weighted by atomic mass is 10.1. The summed E-state index contributed by atoms with van der Waals surface area (Å²) in [6.45, 7) is 4.74. The molecule has 2 rings (SSSR count). The standard InChI is InChI=1S/C12H12N2O/c1-2-7-14-11-6-4-3-5-10(11)8-13-9-12(14)15/h2-6,9H,1,7-8H2. The molecule has 0 radical (unpaired) electrons. The maximum absolute atomic E-state index is 11.7. The number of carbonyl (C=O) groups is 1. The van der Waals surface area contributed by atoms with Crippen LogP contribution in [0.5, 0.6) is 0 Å². The van der Waals surface area contributed by atoms with Gasteiger partial charge in [-0.3, -0.25) is 9.79 Å². The van der Waals surface area contributed by atoms with Gasteiger partial charge in [-0.05, 0) is 11.6 Å². The Morgan fingerprint density at radius 1 is 1.47 bits per heavy atom. The highest BCUT2D eigenvalue weighted by Gasteiger charge is 2.17. The molecule has 1 aromatic rings. The number of amides is 1. The average Bonchev–Trinajstić information content (AvgIpc) is 2.40. The van der Waals surface area contributed by atoms with Crippen molar-refractivity contribution in [3.63, 3.8) is 0 Å². The van der Waals surface area contributed by atoms with Crippen molar-refractivity contribution in [1.29, 1.82) is 0 Å². The highest BCUT2D eigenvalue weighted by Crippen LogP contribution is 2.22. The topological polar surface area (TPSA) is 32.7 Å². The summed E-state index contributed by atoms with van der Waals surface area (Å²) >= 11 is 0. The summed E-state index contributed by atoms with van der Waals surface area (Å²) in [5.41, 5.74) is 2.00. The molecule has 0 bridgehead atoms. The Hall–Kier alpha value is -1.90. The Kier molecular flexibility index (Phi) is 2.63. The molecule has 3 nitrogen and oxygen atoms in total. The third kappa shape index (κ3) is 1.81. The molecule has 1 heterocycles. The van der Waals surface area contributed by atoms with Gasteiger partial charge in [-0.25, -0.2) is 0 Å². The van der Waals surface area contributed by atoms with Gasteiger partial charge in [-0.1, -0.05) is 24.3 Å². The predicted molar refractivity (Wildman–Crippen MR) is 61.2 cm³/mol. The fourth-order valence-electron chi connectivity index (χ4n) is 1.64. The molecule has 76 valence electrons. The molecule has 3 heteroatoms. The van der Waals surface area contributed by atoms with Gasteiger partial charge < -0.3 is 4.90 Å². The van der Waals surface area contributed by atoms with Gasteiger partial charge in [0.25, 0.3) is 5.91 Å². The smallest absolute Gasteiger partial charge is 0.269 e. The molecule has 0 spiro atoms. The van der Waals surface area contributed by atoms with E-state index in [1.54, 1.807) is 11.0 Å². The van der Waals surface area contributed by atoms with Crippen molar-refractivity contribution in [2.24, 2.45) is 4.99 Å². The zero-order valence-electron chi connectivity index (χ0n) is 8.39. The van der Waals surface area contributed by atoms with Gasteiger partial charge in [0.15, 0.2) is 0 Å². The van der Waals surface area contributed by atoms with Crippen LogP contribution in [-0.4, -0.2) is 18.7 Å². The number of hydrogen-bond donors (Lipinski definition) is 0. The van der Waals surface area contributed by atoms with Gasteiger partial charge in [-0.15, -0.1) is 6.58 Å². The fraction of sp³-hybridized carbons (Fsp3) is 0.167. The van der Waals surface area contributed by atoms with Crippen molar-refractivity contribution >= 4 is 17.8 Å². The minimum absolute atomic E-state index is 0.0835. The van der Waals surface area contributed by atoms with Gasteiger partial charge in [0.2, 0.25) is 0 Å². The van der Waals surface area contributed by atoms with Gasteiger partial charge in [0.1, 0.15) is 0 Å². The number of hydrogen-bond acceptors (Lipinski definition) is 2. The van der Waals surface area contributed by atoms with E-state index in [0.717, 1.165) is 11.3 Å². The van der Waals surface area contributed by atoms with E-state index in [0.29, 0.717) is 13.1 Å². The molecule has 0 unspecified atom stereocenters. The molecule has 1 aliphatic rings. The highest BCUT2D eigenvalue weighted by atomic mass is 16.2. The summed E-state index contributed by atoms with van der Waals surface area (Å²) in [4.78, 5) is 17.5. The minimum Gasteiger partial charge on any atom is -0.303 e. The first kappa shape index (κ1) is 9.65. The molecular formula is C12H12N2O.